The third kappa shape index (κ3) is 3.61. The van der Waals surface area contributed by atoms with Gasteiger partial charge in [-0.3, -0.25) is 4.79 Å². The molecule has 5 heteroatoms. The fourth-order valence-corrected chi connectivity index (χ4v) is 3.48. The number of aromatic nitrogens is 2. The van der Waals surface area contributed by atoms with E-state index in [1.54, 1.807) is 16.7 Å². The average Bonchev–Trinajstić information content (AvgIpc) is 3.12. The van der Waals surface area contributed by atoms with Crippen molar-refractivity contribution >= 4 is 10.9 Å². The third-order valence-corrected chi connectivity index (χ3v) is 4.94. The summed E-state index contributed by atoms with van der Waals surface area (Å²) in [5.74, 6) is 0.966. The largest absolute Gasteiger partial charge is 0.490 e. The molecule has 0 atom stereocenters. The van der Waals surface area contributed by atoms with Crippen molar-refractivity contribution in [1.29, 1.82) is 0 Å². The molecule has 0 aliphatic carbocycles. The molecule has 2 aromatic heterocycles. The first kappa shape index (κ1) is 16.0. The van der Waals surface area contributed by atoms with Crippen molar-refractivity contribution in [3.63, 3.8) is 0 Å². The van der Waals surface area contributed by atoms with E-state index in [4.69, 9.17) is 4.74 Å². The van der Waals surface area contributed by atoms with E-state index in [0.29, 0.717) is 0 Å². The maximum atomic E-state index is 11.8. The minimum atomic E-state index is 0.0697. The zero-order valence-corrected chi connectivity index (χ0v) is 14.2. The molecule has 25 heavy (non-hydrogen) atoms. The van der Waals surface area contributed by atoms with Crippen LogP contribution in [0.3, 0.4) is 0 Å². The smallest absolute Gasteiger partial charge is 0.250 e. The number of nitrogens with one attached hydrogen (secondary N) is 1. The lowest BCUT2D eigenvalue weighted by Gasteiger charge is -2.32. The Labute approximate surface area is 146 Å². The van der Waals surface area contributed by atoms with E-state index < -0.39 is 0 Å². The van der Waals surface area contributed by atoms with Crippen molar-refractivity contribution in [2.45, 2.75) is 25.5 Å². The maximum Gasteiger partial charge on any atom is 0.250 e. The molecule has 1 aliphatic rings. The van der Waals surface area contributed by atoms with Crippen molar-refractivity contribution in [2.24, 2.45) is 0 Å². The van der Waals surface area contributed by atoms with Crippen molar-refractivity contribution in [1.82, 2.24) is 14.5 Å². The number of H-pyrrole nitrogens is 1. The van der Waals surface area contributed by atoms with Gasteiger partial charge in [0, 0.05) is 55.5 Å². The van der Waals surface area contributed by atoms with Crippen LogP contribution >= 0.6 is 0 Å². The van der Waals surface area contributed by atoms with Crippen LogP contribution in [0.15, 0.2) is 59.7 Å². The summed E-state index contributed by atoms with van der Waals surface area (Å²) in [4.78, 5) is 17.4. The van der Waals surface area contributed by atoms with Gasteiger partial charge in [-0.1, -0.05) is 12.1 Å². The van der Waals surface area contributed by atoms with Gasteiger partial charge in [0.05, 0.1) is 0 Å². The summed E-state index contributed by atoms with van der Waals surface area (Å²) >= 11 is 0. The fraction of sp³-hybridized carbons (Fsp3) is 0.350. The summed E-state index contributed by atoms with van der Waals surface area (Å²) in [6.45, 7) is 3.67. The summed E-state index contributed by atoms with van der Waals surface area (Å²) in [7, 11) is 0. The van der Waals surface area contributed by atoms with E-state index >= 15 is 0 Å². The molecule has 1 N–H and O–H groups in total. The molecule has 130 valence electrons. The number of ether oxygens (including phenoxy) is 1. The number of rotatable bonds is 5. The van der Waals surface area contributed by atoms with Crippen LogP contribution in [0.5, 0.6) is 5.75 Å². The highest BCUT2D eigenvalue weighted by atomic mass is 16.5. The Bertz CT molecular complexity index is 891. The highest BCUT2D eigenvalue weighted by Gasteiger charge is 2.21. The number of pyridine rings is 1. The predicted octanol–water partition coefficient (Wildman–Crippen LogP) is 2.87. The van der Waals surface area contributed by atoms with Gasteiger partial charge in [0.15, 0.2) is 0 Å². The summed E-state index contributed by atoms with van der Waals surface area (Å²) in [6, 6.07) is 13.5. The molecule has 1 fully saturated rings. The first-order valence-electron chi connectivity index (χ1n) is 8.90. The quantitative estimate of drug-likeness (QED) is 0.779. The Morgan fingerprint density at radius 1 is 1.04 bits per heavy atom. The predicted molar refractivity (Wildman–Crippen MR) is 99.1 cm³/mol. The van der Waals surface area contributed by atoms with Crippen LogP contribution in [0.25, 0.3) is 10.9 Å². The summed E-state index contributed by atoms with van der Waals surface area (Å²) in [5.41, 5.74) is 1.18. The van der Waals surface area contributed by atoms with Gasteiger partial charge in [0.25, 0.3) is 5.56 Å². The first-order chi connectivity index (χ1) is 12.3. The number of nitrogens with zero attached hydrogens (tertiary/aromatic N) is 2. The molecule has 0 amide bonds. The van der Waals surface area contributed by atoms with Gasteiger partial charge in [0.1, 0.15) is 11.9 Å². The highest BCUT2D eigenvalue weighted by Crippen LogP contribution is 2.27. The van der Waals surface area contributed by atoms with Crippen LogP contribution in [-0.2, 0) is 6.54 Å². The molecule has 1 aliphatic heterocycles. The maximum absolute atomic E-state index is 11.8. The Balaban J connectivity index is 1.30. The molecule has 3 aromatic rings. The van der Waals surface area contributed by atoms with Crippen LogP contribution in [0.1, 0.15) is 12.8 Å². The normalized spacial score (nSPS) is 16.3. The standard InChI is InChI=1S/C20H23N3O2/c24-20-6-1-2-11-23(20)15-14-22-12-8-16(9-13-22)25-19-5-3-4-18-17(19)7-10-21-18/h1-7,10-11,16,21H,8-9,12-15H2. The van der Waals surface area contributed by atoms with Gasteiger partial charge in [-0.25, -0.2) is 0 Å². The van der Waals surface area contributed by atoms with E-state index in [1.165, 1.54) is 0 Å². The van der Waals surface area contributed by atoms with Gasteiger partial charge >= 0.3 is 0 Å². The molecule has 3 heterocycles. The number of hydrogen-bond donors (Lipinski definition) is 1. The van der Waals surface area contributed by atoms with Gasteiger partial charge in [-0.05, 0) is 37.1 Å². The monoisotopic (exact) mass is 337 g/mol. The summed E-state index contributed by atoms with van der Waals surface area (Å²) in [6.07, 6.45) is 6.10. The molecule has 1 aromatic carbocycles. The molecule has 0 unspecified atom stereocenters. The van der Waals surface area contributed by atoms with E-state index in [0.717, 1.165) is 55.7 Å². The van der Waals surface area contributed by atoms with Gasteiger partial charge in [-0.15, -0.1) is 0 Å². The molecule has 0 spiro atoms. The number of benzene rings is 1. The summed E-state index contributed by atoms with van der Waals surface area (Å²) in [5, 5.41) is 1.15. The van der Waals surface area contributed by atoms with Crippen molar-refractivity contribution in [3.8, 4) is 5.75 Å². The lowest BCUT2D eigenvalue weighted by atomic mass is 10.1. The van der Waals surface area contributed by atoms with E-state index in [1.807, 2.05) is 30.6 Å². The molecule has 4 rings (SSSR count). The fourth-order valence-electron chi connectivity index (χ4n) is 3.48. The molecule has 5 nitrogen and oxygen atoms in total. The number of aromatic amines is 1. The van der Waals surface area contributed by atoms with E-state index in [9.17, 15) is 4.79 Å². The van der Waals surface area contributed by atoms with Crippen molar-refractivity contribution in [2.75, 3.05) is 19.6 Å². The molecule has 1 saturated heterocycles. The number of piperidine rings is 1. The second-order valence-electron chi connectivity index (χ2n) is 6.59. The van der Waals surface area contributed by atoms with Gasteiger partial charge in [0.2, 0.25) is 0 Å². The molecular weight excluding hydrogens is 314 g/mol. The van der Waals surface area contributed by atoms with Crippen LogP contribution in [-0.4, -0.2) is 40.2 Å². The second-order valence-corrected chi connectivity index (χ2v) is 6.59. The lowest BCUT2D eigenvalue weighted by Crippen LogP contribution is -2.40. The highest BCUT2D eigenvalue weighted by molar-refractivity contribution is 5.85. The van der Waals surface area contributed by atoms with Crippen LogP contribution in [0.4, 0.5) is 0 Å². The second kappa shape index (κ2) is 7.15. The molecule has 0 saturated carbocycles. The third-order valence-electron chi connectivity index (χ3n) is 4.94. The van der Waals surface area contributed by atoms with Gasteiger partial charge < -0.3 is 19.2 Å². The molecule has 0 bridgehead atoms. The number of fused-ring (bicyclic) bond motifs is 1. The molecule has 0 radical (unpaired) electrons. The SMILES string of the molecule is O=c1ccccn1CCN1CCC(Oc2cccc3[nH]ccc23)CC1. The minimum Gasteiger partial charge on any atom is -0.490 e. The Morgan fingerprint density at radius 2 is 1.92 bits per heavy atom. The van der Waals surface area contributed by atoms with Crippen LogP contribution < -0.4 is 10.3 Å². The van der Waals surface area contributed by atoms with Gasteiger partial charge in [-0.2, -0.15) is 0 Å². The number of hydrogen-bond acceptors (Lipinski definition) is 3. The van der Waals surface area contributed by atoms with Crippen molar-refractivity contribution in [3.05, 3.63) is 65.2 Å². The van der Waals surface area contributed by atoms with Crippen LogP contribution in [0, 0.1) is 0 Å². The zero-order chi connectivity index (χ0) is 17.1. The van der Waals surface area contributed by atoms with Crippen LogP contribution in [0.2, 0.25) is 0 Å². The average molecular weight is 337 g/mol. The Hall–Kier alpha value is -2.53. The lowest BCUT2D eigenvalue weighted by molar-refractivity contribution is 0.0996. The Morgan fingerprint density at radius 3 is 2.76 bits per heavy atom. The first-order valence-corrected chi connectivity index (χ1v) is 8.90. The van der Waals surface area contributed by atoms with E-state index in [-0.39, 0.29) is 11.7 Å². The Kier molecular flexibility index (Phi) is 4.57. The summed E-state index contributed by atoms with van der Waals surface area (Å²) < 4.78 is 8.03. The topological polar surface area (TPSA) is 50.3 Å². The van der Waals surface area contributed by atoms with E-state index in [2.05, 4.69) is 22.0 Å². The minimum absolute atomic E-state index is 0.0697. The molecular formula is C20H23N3O2. The zero-order valence-electron chi connectivity index (χ0n) is 14.2. The number of likely N-dealkylation sites (tertiary alicyclic amines) is 1. The van der Waals surface area contributed by atoms with Crippen molar-refractivity contribution < 1.29 is 4.74 Å².